The van der Waals surface area contributed by atoms with Crippen LogP contribution in [0.2, 0.25) is 0 Å². The minimum Gasteiger partial charge on any atom is -0.393 e. The molecule has 4 spiro atoms. The third-order valence-electron chi connectivity index (χ3n) is 52.1. The molecule has 1 unspecified atom stereocenters. The van der Waals surface area contributed by atoms with E-state index in [2.05, 4.69) is 108 Å². The molecule has 20 saturated carbocycles. The summed E-state index contributed by atoms with van der Waals surface area (Å²) in [6.07, 6.45) is 53.7. The average Bonchev–Trinajstić information content (AvgIpc) is 1.51. The number of carbonyl (C=O) groups excluding carboxylic acids is 3. The van der Waals surface area contributed by atoms with Crippen LogP contribution >= 0.6 is 0 Å². The van der Waals surface area contributed by atoms with Gasteiger partial charge in [-0.1, -0.05) is 131 Å². The fourth-order valence-corrected chi connectivity index (χ4v) is 43.3. The van der Waals surface area contributed by atoms with Crippen LogP contribution in [0.25, 0.3) is 0 Å². The molecule has 4 heterocycles. The van der Waals surface area contributed by atoms with Gasteiger partial charge in [-0.2, -0.15) is 0 Å². The third kappa shape index (κ3) is 14.4. The van der Waals surface area contributed by atoms with Gasteiger partial charge in [0.25, 0.3) is 0 Å². The second-order valence-electron chi connectivity index (χ2n) is 56.3. The standard InChI is InChI=1S/C21H30O4.C21H32O2.C20H32O5.C20H30O3.C19H30O4.C19H28O2/c1-19-7-4-14(23-3)10-13(19)11-17(22)18-15(19)5-8-20(2)16(18)6-9-21(20)24-12-25-21;1-14-6-9-19(2)15(12-14)4-5-16-17(19)7-10-20(3)18(16)8-11-21(20)22-13-23-21;1-18-6-3-11(21)9-14(18)16(22)17(23)15-12(18)4-7-19(2)13(15)5-8-20(19)24-10-25-20;1-18-8-5-14(21)11-13(18)3-4-15-16(18)6-9-19(2)17(15)7-10-20(19)22-12-23-20;1-18-7-5-10(20)9-13(18)16(22)17(23)15-11-3-4-14(21)19(11,2)8-6-12(15)18;1-18-9-7-13(20)11-12(18)3-4-14-15-5-6-17(21)19(15,2)10-8-16(14)18/h11,14-16,18H,4-10,12H2,1-3H3;4,14,16-18H,5-13H2,1-3H3;11-17,21-23H,3-10H2,1-2H3;3,14-17,21H,4-12H2,1-2H3;10-13,15-17,20,22-23H,3-9H2,1-2H3;3,13-16,20H,4-11H2,1-2H3/t14-,15-,16-,18+,19-,20-;14-,16+,17-,18-,19-,20-;11-,12-,13-,14?,15+,16+,17+,18+,19-;14-,15+,16-,17-,18-,19-;10-,11-,12-,13+,15-,16+,17+,18+,19-;13-,14-,15-,16-,18-,19-/m000000/s1. The predicted molar refractivity (Wildman–Crippen MR) is 529 cm³/mol. The number of aliphatic hydroxyl groups is 8. The molecule has 20 nitrogen and oxygen atoms in total. The van der Waals surface area contributed by atoms with Gasteiger partial charge < -0.3 is 83.5 Å². The molecule has 28 rings (SSSR count). The van der Waals surface area contributed by atoms with Gasteiger partial charge in [0.1, 0.15) is 11.6 Å². The zero-order valence-electron chi connectivity index (χ0n) is 88.3. The summed E-state index contributed by atoms with van der Waals surface area (Å²) in [5, 5.41) is 84.1. The summed E-state index contributed by atoms with van der Waals surface area (Å²) < 4.78 is 53.5. The molecule has 0 amide bonds. The van der Waals surface area contributed by atoms with E-state index < -0.39 is 36.0 Å². The molecule has 0 radical (unpaired) electrons. The van der Waals surface area contributed by atoms with Gasteiger partial charge in [-0.25, -0.2) is 0 Å². The highest BCUT2D eigenvalue weighted by Gasteiger charge is 2.76. The molecule has 782 valence electrons. The molecule has 24 fully saturated rings. The lowest BCUT2D eigenvalue weighted by Gasteiger charge is -2.64. The summed E-state index contributed by atoms with van der Waals surface area (Å²) >= 11 is 0. The number of hydrogen-bond donors (Lipinski definition) is 8. The van der Waals surface area contributed by atoms with E-state index in [9.17, 15) is 55.2 Å². The first-order valence-corrected chi connectivity index (χ1v) is 58.0. The van der Waals surface area contributed by atoms with Crippen molar-refractivity contribution in [2.75, 3.05) is 34.3 Å². The van der Waals surface area contributed by atoms with E-state index in [0.717, 1.165) is 234 Å². The van der Waals surface area contributed by atoms with E-state index in [4.69, 9.17) is 42.6 Å². The molecular weight excluding hydrogens is 1760 g/mol. The van der Waals surface area contributed by atoms with E-state index in [1.165, 1.54) is 94.6 Å². The van der Waals surface area contributed by atoms with Crippen LogP contribution in [0.4, 0.5) is 0 Å². The Bertz CT molecular complexity index is 4750. The quantitative estimate of drug-likeness (QED) is 0.113. The maximum atomic E-state index is 13.2. The molecule has 42 atom stereocenters. The highest BCUT2D eigenvalue weighted by atomic mass is 16.9. The van der Waals surface area contributed by atoms with Crippen LogP contribution in [0, 0.1) is 189 Å². The zero-order chi connectivity index (χ0) is 98.2. The molecule has 0 aromatic carbocycles. The van der Waals surface area contributed by atoms with Gasteiger partial charge in [-0.3, -0.25) is 14.4 Å². The molecular formula is C120H182O20. The number of Topliss-reactive ketones (excluding diaryl/α,β-unsaturated/α-hetero) is 2. The maximum Gasteiger partial charge on any atom is 0.179 e. The topological polar surface area (TPSA) is 296 Å². The highest BCUT2D eigenvalue weighted by Crippen LogP contribution is 2.77. The van der Waals surface area contributed by atoms with Gasteiger partial charge >= 0.3 is 0 Å². The third-order valence-corrected chi connectivity index (χ3v) is 52.1. The second kappa shape index (κ2) is 35.2. The van der Waals surface area contributed by atoms with Gasteiger partial charge in [-0.15, -0.1) is 0 Å². The monoisotopic (exact) mass is 1940 g/mol. The van der Waals surface area contributed by atoms with Crippen molar-refractivity contribution in [3.05, 3.63) is 46.6 Å². The normalized spacial score (nSPS) is 55.0. The van der Waals surface area contributed by atoms with Crippen molar-refractivity contribution in [3.8, 4) is 0 Å². The van der Waals surface area contributed by atoms with Crippen LogP contribution in [-0.2, 0) is 57.0 Å². The molecule has 20 heteroatoms. The van der Waals surface area contributed by atoms with Crippen molar-refractivity contribution in [1.29, 1.82) is 0 Å². The summed E-state index contributed by atoms with van der Waals surface area (Å²) in [6, 6.07) is 0. The Hall–Kier alpha value is -2.71. The number of carbonyl (C=O) groups is 3. The Kier molecular flexibility index (Phi) is 25.3. The summed E-state index contributed by atoms with van der Waals surface area (Å²) in [4.78, 5) is 38.0. The first kappa shape index (κ1) is 101. The van der Waals surface area contributed by atoms with Crippen LogP contribution in [-0.4, -0.2) is 171 Å². The van der Waals surface area contributed by atoms with Crippen molar-refractivity contribution in [1.82, 2.24) is 0 Å². The van der Waals surface area contributed by atoms with E-state index >= 15 is 0 Å². The van der Waals surface area contributed by atoms with Crippen LogP contribution in [0.1, 0.15) is 379 Å². The Labute approximate surface area is 837 Å². The lowest BCUT2D eigenvalue weighted by molar-refractivity contribution is -0.438. The molecule has 4 aliphatic heterocycles. The van der Waals surface area contributed by atoms with Crippen LogP contribution < -0.4 is 0 Å². The fourth-order valence-electron chi connectivity index (χ4n) is 43.3. The van der Waals surface area contributed by atoms with Crippen molar-refractivity contribution >= 4 is 17.3 Å². The maximum absolute atomic E-state index is 13.2. The predicted octanol–water partition coefficient (Wildman–Crippen LogP) is 21.0. The highest BCUT2D eigenvalue weighted by molar-refractivity contribution is 5.95. The van der Waals surface area contributed by atoms with E-state index in [1.807, 2.05) is 11.6 Å². The van der Waals surface area contributed by atoms with Crippen molar-refractivity contribution in [3.63, 3.8) is 0 Å². The van der Waals surface area contributed by atoms with Gasteiger partial charge in [0.15, 0.2) is 56.1 Å². The van der Waals surface area contributed by atoms with Gasteiger partial charge in [-0.05, 0) is 407 Å². The van der Waals surface area contributed by atoms with Crippen molar-refractivity contribution < 1.29 is 97.9 Å². The largest absolute Gasteiger partial charge is 0.393 e. The van der Waals surface area contributed by atoms with Crippen LogP contribution in [0.5, 0.6) is 0 Å². The lowest BCUT2D eigenvalue weighted by atomic mass is 9.43. The van der Waals surface area contributed by atoms with Crippen molar-refractivity contribution in [2.45, 2.75) is 457 Å². The molecule has 4 saturated heterocycles. The SMILES string of the molecule is CO[C@H]1CC[C@@]2(C)C(=CC(=O)[C@@H]3[C@@H]2CC[C@@]2(C)[C@H]3CCC23OCO3)C1.C[C@H]1CC[C@@]2(C)C(=CC[C@@H]3[C@@H]2CC[C@@]2(C)[C@H]3CCC23OCO3)C1.C[C@]12CC[C@H](O)CC1=CC[C@@H]1[C@@H]2CC[C@@]2(C)[C@H]1CCC21OCO1.C[C@]12CC[C@H](O)CC1=CC[C@@H]1[C@@H]2CC[C@]2(C)C(=O)CC[C@@H]12.C[C@]12CC[C@H](O)CC1[C@@H](O)[C@H](O)[C@@H]1[C@@H]2CC[C@@]2(C)[C@H]1CCC21OCO1.C[C@]12CC[C@H](O)C[C@@H]1[C@@H](O)[C@H](O)[C@@H]1[C@@H]2CC[C@]2(C)C(=O)CC[C@@H]12. The lowest BCUT2D eigenvalue weighted by Crippen LogP contribution is -2.66. The molecule has 140 heavy (non-hydrogen) atoms. The molecule has 0 bridgehead atoms. The molecule has 28 aliphatic rings. The number of ketones is 3. The number of rotatable bonds is 1. The van der Waals surface area contributed by atoms with Crippen LogP contribution in [0.15, 0.2) is 46.6 Å². The van der Waals surface area contributed by atoms with Gasteiger partial charge in [0.2, 0.25) is 0 Å². The molecule has 0 aromatic heterocycles. The Morgan fingerprint density at radius 2 is 0.621 bits per heavy atom. The smallest absolute Gasteiger partial charge is 0.179 e. The van der Waals surface area contributed by atoms with Gasteiger partial charge in [0, 0.05) is 84.0 Å². The average molecular weight is 1940 g/mol. The van der Waals surface area contributed by atoms with E-state index in [1.54, 1.807) is 12.7 Å². The fraction of sp³-hybridized carbons (Fsp3) is 0.908. The van der Waals surface area contributed by atoms with Crippen molar-refractivity contribution in [2.24, 2.45) is 189 Å². The summed E-state index contributed by atoms with van der Waals surface area (Å²) in [5.41, 5.74) is 7.63. The Morgan fingerprint density at radius 3 is 1.07 bits per heavy atom. The minimum absolute atomic E-state index is 0.00317. The Balaban J connectivity index is 0.0000000938. The van der Waals surface area contributed by atoms with E-state index in [0.29, 0.717) is 121 Å². The number of aliphatic hydroxyl groups excluding tert-OH is 8. The number of ether oxygens (including phenoxy) is 9. The second-order valence-corrected chi connectivity index (χ2v) is 56.3. The Morgan fingerprint density at radius 1 is 0.293 bits per heavy atom. The number of fused-ring (bicyclic) bond motifs is 34. The molecule has 0 aromatic rings. The zero-order valence-corrected chi connectivity index (χ0v) is 88.3. The summed E-state index contributed by atoms with van der Waals surface area (Å²) in [7, 11) is 1.80. The summed E-state index contributed by atoms with van der Waals surface area (Å²) in [5.74, 6) is 10.3. The first-order chi connectivity index (χ1) is 66.5. The molecule has 24 aliphatic carbocycles. The minimum atomic E-state index is -0.769. The number of methoxy groups -OCH3 is 1. The first-order valence-electron chi connectivity index (χ1n) is 58.0. The number of allylic oxidation sites excluding steroid dienone is 5. The van der Waals surface area contributed by atoms with E-state index in [-0.39, 0.29) is 126 Å². The molecule has 8 N–H and O–H groups in total. The number of hydrogen-bond acceptors (Lipinski definition) is 20. The van der Waals surface area contributed by atoms with Gasteiger partial charge in [0.05, 0.1) is 54.9 Å². The summed E-state index contributed by atoms with van der Waals surface area (Å²) in [6.45, 7) is 32.6. The van der Waals surface area contributed by atoms with Crippen LogP contribution in [0.3, 0.4) is 0 Å².